The first-order chi connectivity index (χ1) is 12.9. The fourth-order valence-corrected chi connectivity index (χ4v) is 3.64. The summed E-state index contributed by atoms with van der Waals surface area (Å²) < 4.78 is 0. The third-order valence-electron chi connectivity index (χ3n) is 5.88. The van der Waals surface area contributed by atoms with Crippen LogP contribution in [0.3, 0.4) is 0 Å². The van der Waals surface area contributed by atoms with E-state index in [0.29, 0.717) is 0 Å². The lowest BCUT2D eigenvalue weighted by Gasteiger charge is -2.30. The van der Waals surface area contributed by atoms with Crippen LogP contribution in [-0.2, 0) is 6.54 Å². The van der Waals surface area contributed by atoms with Crippen molar-refractivity contribution >= 4 is 5.91 Å². The average Bonchev–Trinajstić information content (AvgIpc) is 2.66. The molecule has 1 amide bonds. The first kappa shape index (κ1) is 19.6. The number of aryl methyl sites for hydroxylation is 2. The minimum atomic E-state index is -0.0147. The van der Waals surface area contributed by atoms with Crippen molar-refractivity contribution in [3.8, 4) is 0 Å². The summed E-state index contributed by atoms with van der Waals surface area (Å²) in [6, 6.07) is 14.4. The number of likely N-dealkylation sites (tertiary alicyclic amines) is 1. The summed E-state index contributed by atoms with van der Waals surface area (Å²) in [5.41, 5.74) is 5.67. The minimum Gasteiger partial charge on any atom is -0.346 e. The molecule has 0 saturated carbocycles. The van der Waals surface area contributed by atoms with Crippen LogP contribution in [0.2, 0.25) is 0 Å². The van der Waals surface area contributed by atoms with E-state index in [1.165, 1.54) is 42.6 Å². The van der Waals surface area contributed by atoms with Crippen molar-refractivity contribution in [3.63, 3.8) is 0 Å². The molecule has 0 aromatic heterocycles. The number of hydrogen-bond acceptors (Lipinski definition) is 2. The molecule has 144 valence electrons. The van der Waals surface area contributed by atoms with Crippen molar-refractivity contribution in [2.75, 3.05) is 13.1 Å². The summed E-state index contributed by atoms with van der Waals surface area (Å²) in [5, 5.41) is 3.12. The lowest BCUT2D eigenvalue weighted by atomic mass is 9.98. The van der Waals surface area contributed by atoms with Crippen molar-refractivity contribution in [3.05, 3.63) is 70.3 Å². The Kier molecular flexibility index (Phi) is 6.33. The van der Waals surface area contributed by atoms with Gasteiger partial charge >= 0.3 is 0 Å². The van der Waals surface area contributed by atoms with E-state index in [0.717, 1.165) is 23.6 Å². The third-order valence-corrected chi connectivity index (χ3v) is 5.88. The molecule has 0 radical (unpaired) electrons. The quantitative estimate of drug-likeness (QED) is 0.807. The van der Waals surface area contributed by atoms with Gasteiger partial charge in [0.25, 0.3) is 5.91 Å². The van der Waals surface area contributed by atoms with E-state index in [1.807, 2.05) is 19.1 Å². The zero-order valence-corrected chi connectivity index (χ0v) is 17.1. The standard InChI is InChI=1S/C24H32N2O/c1-17-11-13-26(14-12-17)16-21-6-9-22(10-7-21)24(27)25-20(4)23-8-5-18(2)19(3)15-23/h5-10,15,17,20H,11-14,16H2,1-4H3,(H,25,27)/t20-/m0/s1. The summed E-state index contributed by atoms with van der Waals surface area (Å²) in [5.74, 6) is 0.839. The van der Waals surface area contributed by atoms with E-state index in [2.05, 4.69) is 61.3 Å². The summed E-state index contributed by atoms with van der Waals surface area (Å²) in [6.45, 7) is 11.9. The molecule has 0 unspecified atom stereocenters. The summed E-state index contributed by atoms with van der Waals surface area (Å²) in [7, 11) is 0. The van der Waals surface area contributed by atoms with Crippen molar-refractivity contribution in [2.45, 2.75) is 53.1 Å². The molecule has 2 aromatic carbocycles. The maximum atomic E-state index is 12.6. The molecule has 27 heavy (non-hydrogen) atoms. The van der Waals surface area contributed by atoms with E-state index >= 15 is 0 Å². The molecule has 1 heterocycles. The molecule has 0 bridgehead atoms. The Bertz CT molecular complexity index is 773. The highest BCUT2D eigenvalue weighted by molar-refractivity contribution is 5.94. The van der Waals surface area contributed by atoms with Crippen molar-refractivity contribution < 1.29 is 4.79 Å². The van der Waals surface area contributed by atoms with E-state index < -0.39 is 0 Å². The molecule has 1 N–H and O–H groups in total. The second-order valence-corrected chi connectivity index (χ2v) is 8.19. The molecule has 2 aromatic rings. The zero-order chi connectivity index (χ0) is 19.4. The lowest BCUT2D eigenvalue weighted by Crippen LogP contribution is -2.32. The minimum absolute atomic E-state index is 0.00758. The Balaban J connectivity index is 1.57. The molecule has 3 rings (SSSR count). The van der Waals surface area contributed by atoms with E-state index in [4.69, 9.17) is 0 Å². The van der Waals surface area contributed by atoms with E-state index in [9.17, 15) is 4.79 Å². The highest BCUT2D eigenvalue weighted by atomic mass is 16.1. The van der Waals surface area contributed by atoms with Gasteiger partial charge in [0.1, 0.15) is 0 Å². The molecule has 3 nitrogen and oxygen atoms in total. The monoisotopic (exact) mass is 364 g/mol. The molecular formula is C24H32N2O. The number of benzene rings is 2. The molecule has 0 spiro atoms. The van der Waals surface area contributed by atoms with Gasteiger partial charge in [0.15, 0.2) is 0 Å². The molecule has 1 aliphatic rings. The molecule has 1 atom stereocenters. The number of rotatable bonds is 5. The van der Waals surface area contributed by atoms with Crippen LogP contribution in [-0.4, -0.2) is 23.9 Å². The molecular weight excluding hydrogens is 332 g/mol. The van der Waals surface area contributed by atoms with Crippen LogP contribution >= 0.6 is 0 Å². The second kappa shape index (κ2) is 8.71. The van der Waals surface area contributed by atoms with Gasteiger partial charge in [-0.15, -0.1) is 0 Å². The molecule has 1 fully saturated rings. The molecule has 1 aliphatic heterocycles. The third kappa shape index (κ3) is 5.20. The zero-order valence-electron chi connectivity index (χ0n) is 17.1. The van der Waals surface area contributed by atoms with Crippen LogP contribution < -0.4 is 5.32 Å². The number of amides is 1. The Hall–Kier alpha value is -2.13. The number of nitrogens with zero attached hydrogens (tertiary/aromatic N) is 1. The fourth-order valence-electron chi connectivity index (χ4n) is 3.64. The van der Waals surface area contributed by atoms with Crippen LogP contribution in [0.15, 0.2) is 42.5 Å². The van der Waals surface area contributed by atoms with Gasteiger partial charge in [-0.3, -0.25) is 9.69 Å². The van der Waals surface area contributed by atoms with Crippen LogP contribution in [0.1, 0.15) is 65.3 Å². The first-order valence-corrected chi connectivity index (χ1v) is 10.1. The predicted molar refractivity (Wildman–Crippen MR) is 112 cm³/mol. The van der Waals surface area contributed by atoms with Crippen LogP contribution in [0, 0.1) is 19.8 Å². The second-order valence-electron chi connectivity index (χ2n) is 8.19. The van der Waals surface area contributed by atoms with Crippen LogP contribution in [0.4, 0.5) is 0 Å². The van der Waals surface area contributed by atoms with Crippen molar-refractivity contribution in [2.24, 2.45) is 5.92 Å². The SMILES string of the molecule is Cc1ccc([C@H](C)NC(=O)c2ccc(CN3CCC(C)CC3)cc2)cc1C. The summed E-state index contributed by atoms with van der Waals surface area (Å²) >= 11 is 0. The van der Waals surface area contributed by atoms with Gasteiger partial charge in [-0.2, -0.15) is 0 Å². The Labute approximate surface area is 163 Å². The molecule has 1 saturated heterocycles. The van der Waals surface area contributed by atoms with Gasteiger partial charge in [0.2, 0.25) is 0 Å². The van der Waals surface area contributed by atoms with Gasteiger partial charge in [0, 0.05) is 12.1 Å². The first-order valence-electron chi connectivity index (χ1n) is 10.1. The number of hydrogen-bond donors (Lipinski definition) is 1. The predicted octanol–water partition coefficient (Wildman–Crippen LogP) is 5.03. The van der Waals surface area contributed by atoms with Gasteiger partial charge in [-0.1, -0.05) is 37.3 Å². The number of nitrogens with one attached hydrogen (secondary N) is 1. The Morgan fingerprint density at radius 3 is 2.37 bits per heavy atom. The maximum Gasteiger partial charge on any atom is 0.251 e. The molecule has 0 aliphatic carbocycles. The van der Waals surface area contributed by atoms with E-state index in [-0.39, 0.29) is 11.9 Å². The average molecular weight is 365 g/mol. The van der Waals surface area contributed by atoms with Crippen molar-refractivity contribution in [1.82, 2.24) is 10.2 Å². The van der Waals surface area contributed by atoms with Gasteiger partial charge in [-0.05, 0) is 87.0 Å². The highest BCUT2D eigenvalue weighted by Gasteiger charge is 2.16. The summed E-state index contributed by atoms with van der Waals surface area (Å²) in [6.07, 6.45) is 2.58. The number of piperidine rings is 1. The summed E-state index contributed by atoms with van der Waals surface area (Å²) in [4.78, 5) is 15.1. The van der Waals surface area contributed by atoms with Crippen molar-refractivity contribution in [1.29, 1.82) is 0 Å². The van der Waals surface area contributed by atoms with Gasteiger partial charge < -0.3 is 5.32 Å². The van der Waals surface area contributed by atoms with Crippen LogP contribution in [0.25, 0.3) is 0 Å². The molecule has 3 heteroatoms. The normalized spacial score (nSPS) is 16.9. The Morgan fingerprint density at radius 2 is 1.74 bits per heavy atom. The topological polar surface area (TPSA) is 32.3 Å². The Morgan fingerprint density at radius 1 is 1.07 bits per heavy atom. The smallest absolute Gasteiger partial charge is 0.251 e. The lowest BCUT2D eigenvalue weighted by molar-refractivity contribution is 0.0940. The fraction of sp³-hybridized carbons (Fsp3) is 0.458. The van der Waals surface area contributed by atoms with Crippen LogP contribution in [0.5, 0.6) is 0 Å². The number of carbonyl (C=O) groups excluding carboxylic acids is 1. The van der Waals surface area contributed by atoms with E-state index in [1.54, 1.807) is 0 Å². The van der Waals surface area contributed by atoms with Gasteiger partial charge in [0.05, 0.1) is 6.04 Å². The maximum absolute atomic E-state index is 12.6. The number of carbonyl (C=O) groups is 1. The highest BCUT2D eigenvalue weighted by Crippen LogP contribution is 2.19. The van der Waals surface area contributed by atoms with Gasteiger partial charge in [-0.25, -0.2) is 0 Å². The largest absolute Gasteiger partial charge is 0.346 e.